The minimum absolute atomic E-state index is 0.0390. The maximum atomic E-state index is 12.3. The lowest BCUT2D eigenvalue weighted by Gasteiger charge is -2.37. The third kappa shape index (κ3) is 3.88. The third-order valence-corrected chi connectivity index (χ3v) is 4.72. The molecule has 1 amide bonds. The maximum Gasteiger partial charge on any atom is 0.233 e. The molecule has 0 bridgehead atoms. The van der Waals surface area contributed by atoms with Crippen LogP contribution in [-0.2, 0) is 9.53 Å². The van der Waals surface area contributed by atoms with Crippen LogP contribution >= 0.6 is 23.4 Å². The smallest absolute Gasteiger partial charge is 0.233 e. The van der Waals surface area contributed by atoms with Gasteiger partial charge in [0.2, 0.25) is 5.91 Å². The Hall–Kier alpha value is -0.750. The Morgan fingerprint density at radius 3 is 3.00 bits per heavy atom. The molecule has 1 aliphatic heterocycles. The molecule has 6 heteroatoms. The van der Waals surface area contributed by atoms with E-state index in [-0.39, 0.29) is 24.7 Å². The van der Waals surface area contributed by atoms with Gasteiger partial charge in [0, 0.05) is 11.4 Å². The van der Waals surface area contributed by atoms with E-state index in [0.29, 0.717) is 23.9 Å². The highest BCUT2D eigenvalue weighted by atomic mass is 35.5. The Morgan fingerprint density at radius 2 is 2.30 bits per heavy atom. The highest BCUT2D eigenvalue weighted by Gasteiger charge is 2.29. The van der Waals surface area contributed by atoms with Crippen molar-refractivity contribution < 1.29 is 14.6 Å². The van der Waals surface area contributed by atoms with Gasteiger partial charge in [-0.05, 0) is 19.1 Å². The number of aliphatic hydroxyl groups is 1. The summed E-state index contributed by atoms with van der Waals surface area (Å²) < 4.78 is 5.43. The second-order valence-corrected chi connectivity index (χ2v) is 6.18. The van der Waals surface area contributed by atoms with Gasteiger partial charge in [0.15, 0.2) is 0 Å². The van der Waals surface area contributed by atoms with Gasteiger partial charge < -0.3 is 14.7 Å². The number of ether oxygens (including phenoxy) is 1. The van der Waals surface area contributed by atoms with Gasteiger partial charge in [-0.3, -0.25) is 4.79 Å². The van der Waals surface area contributed by atoms with Gasteiger partial charge in [0.1, 0.15) is 0 Å². The number of morpholine rings is 1. The van der Waals surface area contributed by atoms with E-state index in [0.717, 1.165) is 4.90 Å². The molecule has 20 heavy (non-hydrogen) atoms. The van der Waals surface area contributed by atoms with E-state index < -0.39 is 0 Å². The molecule has 0 saturated carbocycles. The van der Waals surface area contributed by atoms with E-state index >= 15 is 0 Å². The number of amides is 1. The molecule has 1 aromatic carbocycles. The Morgan fingerprint density at radius 1 is 1.55 bits per heavy atom. The number of hydrogen-bond acceptors (Lipinski definition) is 4. The molecule has 0 aliphatic carbocycles. The molecule has 0 spiro atoms. The molecule has 2 unspecified atom stereocenters. The molecule has 1 aliphatic rings. The summed E-state index contributed by atoms with van der Waals surface area (Å²) in [5.74, 6) is 0.385. The van der Waals surface area contributed by atoms with E-state index in [2.05, 4.69) is 0 Å². The van der Waals surface area contributed by atoms with Crippen molar-refractivity contribution in [2.75, 3.05) is 25.5 Å². The van der Waals surface area contributed by atoms with Gasteiger partial charge in [-0.15, -0.1) is 11.8 Å². The predicted molar refractivity (Wildman–Crippen MR) is 80.2 cm³/mol. The quantitative estimate of drug-likeness (QED) is 0.864. The van der Waals surface area contributed by atoms with Crippen molar-refractivity contribution >= 4 is 29.3 Å². The van der Waals surface area contributed by atoms with Gasteiger partial charge in [-0.2, -0.15) is 0 Å². The fourth-order valence-electron chi connectivity index (χ4n) is 2.06. The van der Waals surface area contributed by atoms with Crippen molar-refractivity contribution in [2.24, 2.45) is 0 Å². The molecule has 1 heterocycles. The van der Waals surface area contributed by atoms with Gasteiger partial charge in [-0.1, -0.05) is 23.7 Å². The van der Waals surface area contributed by atoms with Crippen molar-refractivity contribution in [3.63, 3.8) is 0 Å². The van der Waals surface area contributed by atoms with E-state index in [9.17, 15) is 4.79 Å². The van der Waals surface area contributed by atoms with Crippen molar-refractivity contribution in [3.8, 4) is 0 Å². The zero-order valence-corrected chi connectivity index (χ0v) is 12.9. The normalized spacial score (nSPS) is 22.9. The zero-order valence-electron chi connectivity index (χ0n) is 11.3. The molecule has 1 saturated heterocycles. The van der Waals surface area contributed by atoms with Crippen LogP contribution in [0.15, 0.2) is 29.2 Å². The molecular weight excluding hydrogens is 298 g/mol. The Kier molecular flexibility index (Phi) is 5.72. The standard InChI is InChI=1S/C14H18ClNO3S/c1-10-8-19-11(7-17)6-16(10)14(18)9-20-13-5-3-2-4-12(13)15/h2-5,10-11,17H,6-9H2,1H3. The number of benzene rings is 1. The second-order valence-electron chi connectivity index (χ2n) is 4.75. The van der Waals surface area contributed by atoms with Crippen molar-refractivity contribution in [1.29, 1.82) is 0 Å². The minimum atomic E-state index is -0.277. The molecule has 1 fully saturated rings. The molecule has 0 radical (unpaired) electrons. The number of aliphatic hydroxyl groups excluding tert-OH is 1. The van der Waals surface area contributed by atoms with E-state index in [4.69, 9.17) is 21.4 Å². The van der Waals surface area contributed by atoms with Crippen LogP contribution in [0.3, 0.4) is 0 Å². The number of nitrogens with zero attached hydrogens (tertiary/aromatic N) is 1. The monoisotopic (exact) mass is 315 g/mol. The van der Waals surface area contributed by atoms with Crippen LogP contribution in [-0.4, -0.2) is 53.6 Å². The highest BCUT2D eigenvalue weighted by molar-refractivity contribution is 8.00. The second kappa shape index (κ2) is 7.31. The summed E-state index contributed by atoms with van der Waals surface area (Å²) in [5.41, 5.74) is 0. The van der Waals surface area contributed by atoms with Crippen LogP contribution in [0, 0.1) is 0 Å². The fraction of sp³-hybridized carbons (Fsp3) is 0.500. The first-order valence-electron chi connectivity index (χ1n) is 6.51. The lowest BCUT2D eigenvalue weighted by molar-refractivity contribution is -0.143. The molecule has 2 rings (SSSR count). The molecular formula is C14H18ClNO3S. The zero-order chi connectivity index (χ0) is 14.5. The number of hydrogen-bond donors (Lipinski definition) is 1. The highest BCUT2D eigenvalue weighted by Crippen LogP contribution is 2.27. The van der Waals surface area contributed by atoms with Gasteiger partial charge in [0.05, 0.1) is 36.1 Å². The van der Waals surface area contributed by atoms with Crippen LogP contribution < -0.4 is 0 Å². The SMILES string of the molecule is CC1COC(CO)CN1C(=O)CSc1ccccc1Cl. The lowest BCUT2D eigenvalue weighted by atomic mass is 10.2. The molecule has 4 nitrogen and oxygen atoms in total. The molecule has 2 atom stereocenters. The van der Waals surface area contributed by atoms with Crippen LogP contribution in [0.4, 0.5) is 0 Å². The predicted octanol–water partition coefficient (Wildman–Crippen LogP) is 2.04. The Balaban J connectivity index is 1.92. The van der Waals surface area contributed by atoms with E-state index in [1.165, 1.54) is 11.8 Å². The minimum Gasteiger partial charge on any atom is -0.394 e. The van der Waals surface area contributed by atoms with Crippen molar-refractivity contribution in [2.45, 2.75) is 24.0 Å². The lowest BCUT2D eigenvalue weighted by Crippen LogP contribution is -2.52. The summed E-state index contributed by atoms with van der Waals surface area (Å²) in [5, 5.41) is 9.80. The first-order valence-corrected chi connectivity index (χ1v) is 7.87. The molecule has 110 valence electrons. The van der Waals surface area contributed by atoms with Crippen molar-refractivity contribution in [3.05, 3.63) is 29.3 Å². The number of carbonyl (C=O) groups excluding carboxylic acids is 1. The van der Waals surface area contributed by atoms with Crippen LogP contribution in [0.5, 0.6) is 0 Å². The summed E-state index contributed by atoms with van der Waals surface area (Å²) in [6.45, 7) is 2.80. The molecule has 1 aromatic rings. The first kappa shape index (κ1) is 15.6. The molecule has 1 N–H and O–H groups in total. The summed E-state index contributed by atoms with van der Waals surface area (Å²) in [7, 11) is 0. The van der Waals surface area contributed by atoms with Gasteiger partial charge in [0.25, 0.3) is 0 Å². The summed E-state index contributed by atoms with van der Waals surface area (Å²) >= 11 is 7.50. The number of carbonyl (C=O) groups is 1. The average molecular weight is 316 g/mol. The average Bonchev–Trinajstić information content (AvgIpc) is 2.46. The number of halogens is 1. The third-order valence-electron chi connectivity index (χ3n) is 3.22. The summed E-state index contributed by atoms with van der Waals surface area (Å²) in [4.78, 5) is 15.0. The maximum absolute atomic E-state index is 12.3. The summed E-state index contributed by atoms with van der Waals surface area (Å²) in [6, 6.07) is 7.52. The van der Waals surface area contributed by atoms with Crippen LogP contribution in [0.25, 0.3) is 0 Å². The van der Waals surface area contributed by atoms with Gasteiger partial charge >= 0.3 is 0 Å². The van der Waals surface area contributed by atoms with Crippen LogP contribution in [0.1, 0.15) is 6.92 Å². The van der Waals surface area contributed by atoms with E-state index in [1.807, 2.05) is 31.2 Å². The molecule has 0 aromatic heterocycles. The summed E-state index contributed by atoms with van der Waals surface area (Å²) in [6.07, 6.45) is -0.277. The van der Waals surface area contributed by atoms with Gasteiger partial charge in [-0.25, -0.2) is 0 Å². The topological polar surface area (TPSA) is 49.8 Å². The Bertz CT molecular complexity index is 471. The Labute approximate surface area is 128 Å². The fourth-order valence-corrected chi connectivity index (χ4v) is 3.18. The van der Waals surface area contributed by atoms with E-state index in [1.54, 1.807) is 4.90 Å². The largest absolute Gasteiger partial charge is 0.394 e. The first-order chi connectivity index (χ1) is 9.61. The van der Waals surface area contributed by atoms with Crippen LogP contribution in [0.2, 0.25) is 5.02 Å². The number of thioether (sulfide) groups is 1. The number of rotatable bonds is 4. The van der Waals surface area contributed by atoms with Crippen molar-refractivity contribution in [1.82, 2.24) is 4.90 Å².